The Balaban J connectivity index is 1.79. The fourth-order valence-electron chi connectivity index (χ4n) is 4.53. The number of hydrogen-bond donors (Lipinski definition) is 1. The van der Waals surface area contributed by atoms with Gasteiger partial charge in [-0.25, -0.2) is 4.98 Å². The predicted octanol–water partition coefficient (Wildman–Crippen LogP) is 2.61. The lowest BCUT2D eigenvalue weighted by Crippen LogP contribution is -2.55. The Morgan fingerprint density at radius 2 is 2.15 bits per heavy atom. The monoisotopic (exact) mass is 377 g/mol. The molecule has 1 aromatic heterocycles. The fourth-order valence-corrected chi connectivity index (χ4v) is 4.53. The van der Waals surface area contributed by atoms with Crippen LogP contribution in [-0.4, -0.2) is 53.0 Å². The van der Waals surface area contributed by atoms with E-state index < -0.39 is 0 Å². The van der Waals surface area contributed by atoms with Gasteiger partial charge in [-0.05, 0) is 39.0 Å². The average molecular weight is 377 g/mol. The molecule has 1 saturated carbocycles. The number of nitrogens with zero attached hydrogens (tertiary/aromatic N) is 2. The molecule has 3 atom stereocenters. The van der Waals surface area contributed by atoms with Crippen molar-refractivity contribution >= 4 is 11.8 Å². The van der Waals surface area contributed by atoms with Crippen LogP contribution in [0.4, 0.5) is 0 Å². The number of aromatic nitrogens is 1. The largest absolute Gasteiger partial charge is 0.435 e. The van der Waals surface area contributed by atoms with Gasteiger partial charge in [0, 0.05) is 32.5 Å². The van der Waals surface area contributed by atoms with E-state index in [1.54, 1.807) is 7.11 Å². The van der Waals surface area contributed by atoms with Crippen LogP contribution in [0.3, 0.4) is 0 Å². The molecule has 1 N–H and O–H groups in total. The number of rotatable bonds is 6. The van der Waals surface area contributed by atoms with Crippen LogP contribution in [0.2, 0.25) is 0 Å². The minimum atomic E-state index is -0.330. The second-order valence-electron chi connectivity index (χ2n) is 7.70. The molecule has 0 bridgehead atoms. The lowest BCUT2D eigenvalue weighted by molar-refractivity contribution is -0.123. The maximum Gasteiger partial charge on any atom is 0.291 e. The number of hydrogen-bond acceptors (Lipinski definition) is 5. The van der Waals surface area contributed by atoms with Gasteiger partial charge < -0.3 is 19.4 Å². The highest BCUT2D eigenvalue weighted by Gasteiger charge is 2.53. The third-order valence-electron chi connectivity index (χ3n) is 6.03. The molecule has 0 spiro atoms. The molecule has 2 heterocycles. The molecular weight excluding hydrogens is 346 g/mol. The molecule has 2 amide bonds. The van der Waals surface area contributed by atoms with Crippen molar-refractivity contribution in [3.05, 3.63) is 17.3 Å². The van der Waals surface area contributed by atoms with Gasteiger partial charge in [0.2, 0.25) is 11.7 Å². The third-order valence-corrected chi connectivity index (χ3v) is 6.03. The van der Waals surface area contributed by atoms with E-state index in [0.717, 1.165) is 25.7 Å². The Hall–Kier alpha value is -1.89. The number of ether oxygens (including phenoxy) is 1. The minimum Gasteiger partial charge on any atom is -0.435 e. The number of aryl methyl sites for hydroxylation is 2. The van der Waals surface area contributed by atoms with Crippen molar-refractivity contribution in [2.45, 2.75) is 83.4 Å². The number of carbonyl (C=O) groups is 2. The number of nitrogens with one attached hydrogen (secondary N) is 1. The summed E-state index contributed by atoms with van der Waals surface area (Å²) in [5.74, 6) is 0.878. The standard InChI is InChI=1S/C20H31N3O4/c1-5-7-16(24)22-14-8-9-20(26-4)10-11-23(15(20)12-14)19(25)18-13(3)21-17(6-2)27-18/h14-15H,5-12H2,1-4H3,(H,22,24)/t14-,15+,20-/m1/s1. The van der Waals surface area contributed by atoms with Crippen LogP contribution >= 0.6 is 0 Å². The summed E-state index contributed by atoms with van der Waals surface area (Å²) in [4.78, 5) is 31.4. The summed E-state index contributed by atoms with van der Waals surface area (Å²) in [5.41, 5.74) is 0.304. The Kier molecular flexibility index (Phi) is 5.89. The third kappa shape index (κ3) is 3.74. The van der Waals surface area contributed by atoms with Gasteiger partial charge in [0.05, 0.1) is 17.3 Å². The maximum absolute atomic E-state index is 13.2. The van der Waals surface area contributed by atoms with Crippen molar-refractivity contribution in [3.8, 4) is 0 Å². The normalized spacial score (nSPS) is 27.5. The number of amides is 2. The molecule has 7 heteroatoms. The molecule has 1 aliphatic carbocycles. The molecule has 7 nitrogen and oxygen atoms in total. The minimum absolute atomic E-state index is 0.0646. The summed E-state index contributed by atoms with van der Waals surface area (Å²) < 4.78 is 11.6. The first-order valence-electron chi connectivity index (χ1n) is 10.1. The van der Waals surface area contributed by atoms with E-state index >= 15 is 0 Å². The number of fused-ring (bicyclic) bond motifs is 1. The van der Waals surface area contributed by atoms with Crippen LogP contribution in [0.15, 0.2) is 4.42 Å². The maximum atomic E-state index is 13.2. The van der Waals surface area contributed by atoms with Gasteiger partial charge >= 0.3 is 0 Å². The summed E-state index contributed by atoms with van der Waals surface area (Å²) in [7, 11) is 1.73. The molecular formula is C20H31N3O4. The topological polar surface area (TPSA) is 84.7 Å². The van der Waals surface area contributed by atoms with Crippen molar-refractivity contribution in [2.75, 3.05) is 13.7 Å². The Bertz CT molecular complexity index is 701. The average Bonchev–Trinajstić information content (AvgIpc) is 3.22. The highest BCUT2D eigenvalue weighted by Crippen LogP contribution is 2.43. The Labute approximate surface area is 160 Å². The van der Waals surface area contributed by atoms with E-state index in [0.29, 0.717) is 43.2 Å². The van der Waals surface area contributed by atoms with Crippen molar-refractivity contribution < 1.29 is 18.7 Å². The summed E-state index contributed by atoms with van der Waals surface area (Å²) in [6, 6.07) is 0.0120. The molecule has 2 aliphatic rings. The molecule has 27 heavy (non-hydrogen) atoms. The first kappa shape index (κ1) is 19.9. The van der Waals surface area contributed by atoms with Crippen LogP contribution in [-0.2, 0) is 16.0 Å². The predicted molar refractivity (Wildman–Crippen MR) is 100 cm³/mol. The van der Waals surface area contributed by atoms with Crippen LogP contribution in [0, 0.1) is 6.92 Å². The zero-order valence-corrected chi connectivity index (χ0v) is 16.8. The van der Waals surface area contributed by atoms with Gasteiger partial charge in [-0.1, -0.05) is 13.8 Å². The Morgan fingerprint density at radius 1 is 1.37 bits per heavy atom. The number of methoxy groups -OCH3 is 1. The molecule has 3 rings (SSSR count). The summed E-state index contributed by atoms with van der Waals surface area (Å²) in [6.45, 7) is 6.40. The van der Waals surface area contributed by atoms with Gasteiger partial charge in [0.15, 0.2) is 5.89 Å². The molecule has 2 fully saturated rings. The zero-order chi connectivity index (χ0) is 19.6. The van der Waals surface area contributed by atoms with Crippen LogP contribution in [0.5, 0.6) is 0 Å². The van der Waals surface area contributed by atoms with E-state index in [1.165, 1.54) is 0 Å². The van der Waals surface area contributed by atoms with Crippen LogP contribution in [0.25, 0.3) is 0 Å². The van der Waals surface area contributed by atoms with Crippen LogP contribution in [0.1, 0.15) is 74.5 Å². The number of oxazole rings is 1. The van der Waals surface area contributed by atoms with E-state index in [-0.39, 0.29) is 29.5 Å². The van der Waals surface area contributed by atoms with Crippen LogP contribution < -0.4 is 5.32 Å². The van der Waals surface area contributed by atoms with E-state index in [4.69, 9.17) is 9.15 Å². The smallest absolute Gasteiger partial charge is 0.291 e. The second-order valence-corrected chi connectivity index (χ2v) is 7.70. The molecule has 150 valence electrons. The van der Waals surface area contributed by atoms with Gasteiger partial charge in [0.25, 0.3) is 5.91 Å². The summed E-state index contributed by atoms with van der Waals surface area (Å²) in [5, 5.41) is 3.13. The van der Waals surface area contributed by atoms with Gasteiger partial charge in [-0.15, -0.1) is 0 Å². The van der Waals surface area contributed by atoms with Crippen molar-refractivity contribution in [2.24, 2.45) is 0 Å². The second kappa shape index (κ2) is 8.00. The van der Waals surface area contributed by atoms with Gasteiger partial charge in [-0.2, -0.15) is 0 Å². The summed E-state index contributed by atoms with van der Waals surface area (Å²) in [6.07, 6.45) is 5.26. The van der Waals surface area contributed by atoms with Gasteiger partial charge in [0.1, 0.15) is 0 Å². The molecule has 1 aromatic rings. The van der Waals surface area contributed by atoms with E-state index in [1.807, 2.05) is 25.7 Å². The van der Waals surface area contributed by atoms with E-state index in [9.17, 15) is 9.59 Å². The number of likely N-dealkylation sites (tertiary alicyclic amines) is 1. The molecule has 0 aromatic carbocycles. The number of carbonyl (C=O) groups excluding carboxylic acids is 2. The van der Waals surface area contributed by atoms with Crippen molar-refractivity contribution in [3.63, 3.8) is 0 Å². The highest BCUT2D eigenvalue weighted by molar-refractivity contribution is 5.93. The zero-order valence-electron chi connectivity index (χ0n) is 16.8. The van der Waals surface area contributed by atoms with Crippen molar-refractivity contribution in [1.29, 1.82) is 0 Å². The highest BCUT2D eigenvalue weighted by atomic mass is 16.5. The molecule has 1 aliphatic heterocycles. The van der Waals surface area contributed by atoms with Crippen molar-refractivity contribution in [1.82, 2.24) is 15.2 Å². The molecule has 0 unspecified atom stereocenters. The lowest BCUT2D eigenvalue weighted by Gasteiger charge is -2.43. The first-order valence-corrected chi connectivity index (χ1v) is 10.1. The SMILES string of the molecule is CCCC(=O)N[C@@H]1CC[C@@]2(OC)CCN(C(=O)c3oc(CC)nc3C)[C@H]2C1. The lowest BCUT2D eigenvalue weighted by atomic mass is 9.78. The van der Waals surface area contributed by atoms with E-state index in [2.05, 4.69) is 10.3 Å². The molecule has 1 saturated heterocycles. The Morgan fingerprint density at radius 3 is 2.78 bits per heavy atom. The molecule has 0 radical (unpaired) electrons. The first-order chi connectivity index (χ1) is 12.9. The fraction of sp³-hybridized carbons (Fsp3) is 0.750. The quantitative estimate of drug-likeness (QED) is 0.824. The summed E-state index contributed by atoms with van der Waals surface area (Å²) >= 11 is 0. The van der Waals surface area contributed by atoms with Gasteiger partial charge in [-0.3, -0.25) is 9.59 Å².